The van der Waals surface area contributed by atoms with Gasteiger partial charge in [0.05, 0.1) is 23.7 Å². The number of nitrogens with zero attached hydrogens (tertiary/aromatic N) is 1. The Labute approximate surface area is 143 Å². The Morgan fingerprint density at radius 3 is 2.36 bits per heavy atom. The second-order valence-corrected chi connectivity index (χ2v) is 5.99. The zero-order chi connectivity index (χ0) is 18.0. The normalized spacial score (nSPS) is 19.2. The second kappa shape index (κ2) is 6.54. The third-order valence-electron chi connectivity index (χ3n) is 4.35. The smallest absolute Gasteiger partial charge is 0.348 e. The van der Waals surface area contributed by atoms with E-state index in [1.165, 1.54) is 25.3 Å². The number of nitro benzene ring substituents is 1. The largest absolute Gasteiger partial charge is 0.497 e. The van der Waals surface area contributed by atoms with Crippen molar-refractivity contribution in [3.63, 3.8) is 0 Å². The van der Waals surface area contributed by atoms with E-state index in [1.54, 1.807) is 0 Å². The molecule has 1 aromatic rings. The molecule has 0 aromatic heterocycles. The number of ether oxygens (including phenoxy) is 3. The van der Waals surface area contributed by atoms with Crippen LogP contribution in [-0.4, -0.2) is 29.8 Å². The molecule has 132 valence electrons. The second-order valence-electron chi connectivity index (χ2n) is 5.99. The van der Waals surface area contributed by atoms with Crippen LogP contribution in [0.15, 0.2) is 23.8 Å². The number of hydrogen-bond acceptors (Lipinski definition) is 7. The fourth-order valence-corrected chi connectivity index (χ4v) is 3.05. The van der Waals surface area contributed by atoms with Crippen LogP contribution in [0.1, 0.15) is 37.7 Å². The Morgan fingerprint density at radius 2 is 1.80 bits per heavy atom. The first-order valence-electron chi connectivity index (χ1n) is 7.95. The molecule has 8 nitrogen and oxygen atoms in total. The van der Waals surface area contributed by atoms with Crippen LogP contribution >= 0.6 is 0 Å². The first kappa shape index (κ1) is 16.9. The van der Waals surface area contributed by atoms with Gasteiger partial charge in [-0.1, -0.05) is 6.42 Å². The molecule has 1 saturated carbocycles. The quantitative estimate of drug-likeness (QED) is 0.272. The molecule has 1 spiro atoms. The Morgan fingerprint density at radius 1 is 1.16 bits per heavy atom. The molecule has 0 bridgehead atoms. The van der Waals surface area contributed by atoms with Gasteiger partial charge in [0, 0.05) is 12.8 Å². The zero-order valence-electron chi connectivity index (χ0n) is 13.6. The Balaban J connectivity index is 1.93. The van der Waals surface area contributed by atoms with Crippen molar-refractivity contribution < 1.29 is 28.7 Å². The van der Waals surface area contributed by atoms with Gasteiger partial charge in [-0.15, -0.1) is 0 Å². The first-order valence-corrected chi connectivity index (χ1v) is 7.95. The van der Waals surface area contributed by atoms with E-state index in [-0.39, 0.29) is 16.8 Å². The van der Waals surface area contributed by atoms with E-state index in [9.17, 15) is 19.7 Å². The summed E-state index contributed by atoms with van der Waals surface area (Å²) < 4.78 is 15.7. The predicted octanol–water partition coefficient (Wildman–Crippen LogP) is 2.75. The molecule has 1 heterocycles. The molecule has 3 rings (SSSR count). The van der Waals surface area contributed by atoms with Gasteiger partial charge in [0.15, 0.2) is 0 Å². The van der Waals surface area contributed by atoms with Crippen LogP contribution < -0.4 is 4.74 Å². The highest BCUT2D eigenvalue weighted by atomic mass is 16.7. The summed E-state index contributed by atoms with van der Waals surface area (Å²) in [7, 11) is 1.39. The standard InChI is InChI=1S/C17H17NO7/c1-23-12-6-5-11(14(10-12)18(21)22)9-13-15(19)24-17(25-16(13)20)7-3-2-4-8-17/h5-6,9-10H,2-4,7-8H2,1H3. The third kappa shape index (κ3) is 3.33. The van der Waals surface area contributed by atoms with Crippen molar-refractivity contribution in [3.05, 3.63) is 39.4 Å². The van der Waals surface area contributed by atoms with Crippen molar-refractivity contribution in [1.82, 2.24) is 0 Å². The summed E-state index contributed by atoms with van der Waals surface area (Å²) in [6.45, 7) is 0. The van der Waals surface area contributed by atoms with Gasteiger partial charge in [0.1, 0.15) is 11.3 Å². The SMILES string of the molecule is COc1ccc(C=C2C(=O)OC3(CCCCC3)OC2=O)c([N+](=O)[O-])c1. The van der Waals surface area contributed by atoms with E-state index in [4.69, 9.17) is 14.2 Å². The van der Waals surface area contributed by atoms with Gasteiger partial charge in [-0.25, -0.2) is 9.59 Å². The van der Waals surface area contributed by atoms with Crippen LogP contribution in [0.5, 0.6) is 5.75 Å². The minimum Gasteiger partial charge on any atom is -0.497 e. The highest BCUT2D eigenvalue weighted by molar-refractivity contribution is 6.19. The summed E-state index contributed by atoms with van der Waals surface area (Å²) >= 11 is 0. The number of esters is 2. The van der Waals surface area contributed by atoms with Crippen LogP contribution in [0.25, 0.3) is 6.08 Å². The molecule has 0 unspecified atom stereocenters. The average Bonchev–Trinajstić information content (AvgIpc) is 2.58. The highest BCUT2D eigenvalue weighted by Crippen LogP contribution is 2.38. The van der Waals surface area contributed by atoms with E-state index in [0.29, 0.717) is 18.6 Å². The number of rotatable bonds is 3. The zero-order valence-corrected chi connectivity index (χ0v) is 13.6. The summed E-state index contributed by atoms with van der Waals surface area (Å²) in [6.07, 6.45) is 4.68. The van der Waals surface area contributed by atoms with Gasteiger partial charge in [-0.3, -0.25) is 10.1 Å². The summed E-state index contributed by atoms with van der Waals surface area (Å²) in [5.41, 5.74) is -0.552. The molecule has 1 aliphatic heterocycles. The lowest BCUT2D eigenvalue weighted by molar-refractivity contribution is -0.385. The van der Waals surface area contributed by atoms with Gasteiger partial charge < -0.3 is 14.2 Å². The summed E-state index contributed by atoms with van der Waals surface area (Å²) in [5, 5.41) is 11.2. The molecule has 2 fully saturated rings. The number of carbonyl (C=O) groups is 2. The molecule has 0 atom stereocenters. The van der Waals surface area contributed by atoms with Crippen molar-refractivity contribution in [1.29, 1.82) is 0 Å². The Hall–Kier alpha value is -2.90. The monoisotopic (exact) mass is 347 g/mol. The molecule has 25 heavy (non-hydrogen) atoms. The molecule has 8 heteroatoms. The van der Waals surface area contributed by atoms with Crippen LogP contribution in [0.2, 0.25) is 0 Å². The van der Waals surface area contributed by atoms with E-state index in [1.807, 2.05) is 0 Å². The number of methoxy groups -OCH3 is 1. The molecular weight excluding hydrogens is 330 g/mol. The lowest BCUT2D eigenvalue weighted by Crippen LogP contribution is -2.47. The van der Waals surface area contributed by atoms with Crippen molar-refractivity contribution in [2.24, 2.45) is 0 Å². The van der Waals surface area contributed by atoms with E-state index < -0.39 is 22.6 Å². The number of hydrogen-bond donors (Lipinski definition) is 0. The molecule has 0 radical (unpaired) electrons. The number of nitro groups is 1. The minimum absolute atomic E-state index is 0.0919. The van der Waals surface area contributed by atoms with Gasteiger partial charge in [-0.2, -0.15) is 0 Å². The van der Waals surface area contributed by atoms with Gasteiger partial charge in [0.2, 0.25) is 0 Å². The molecule has 0 amide bonds. The molecule has 0 N–H and O–H groups in total. The summed E-state index contributed by atoms with van der Waals surface area (Å²) in [4.78, 5) is 35.2. The van der Waals surface area contributed by atoms with Crippen LogP contribution in [0, 0.1) is 10.1 Å². The molecular formula is C17H17NO7. The van der Waals surface area contributed by atoms with Crippen LogP contribution in [0.4, 0.5) is 5.69 Å². The topological polar surface area (TPSA) is 105 Å². The highest BCUT2D eigenvalue weighted by Gasteiger charge is 2.46. The van der Waals surface area contributed by atoms with E-state index in [0.717, 1.165) is 25.3 Å². The maximum Gasteiger partial charge on any atom is 0.348 e. The van der Waals surface area contributed by atoms with Crippen molar-refractivity contribution in [3.8, 4) is 5.75 Å². The predicted molar refractivity (Wildman–Crippen MR) is 85.6 cm³/mol. The first-order chi connectivity index (χ1) is 11.9. The fourth-order valence-electron chi connectivity index (χ4n) is 3.05. The van der Waals surface area contributed by atoms with Crippen molar-refractivity contribution in [2.75, 3.05) is 7.11 Å². The van der Waals surface area contributed by atoms with Gasteiger partial charge in [-0.05, 0) is 31.1 Å². The molecule has 1 aromatic carbocycles. The third-order valence-corrected chi connectivity index (χ3v) is 4.35. The fraction of sp³-hybridized carbons (Fsp3) is 0.412. The van der Waals surface area contributed by atoms with Crippen LogP contribution in [-0.2, 0) is 19.1 Å². The van der Waals surface area contributed by atoms with E-state index in [2.05, 4.69) is 0 Å². The maximum absolute atomic E-state index is 12.3. The number of carbonyl (C=O) groups excluding carboxylic acids is 2. The Bertz CT molecular complexity index is 740. The molecule has 2 aliphatic rings. The number of benzene rings is 1. The Kier molecular flexibility index (Phi) is 4.43. The van der Waals surface area contributed by atoms with Crippen molar-refractivity contribution in [2.45, 2.75) is 37.9 Å². The molecule has 1 saturated heterocycles. The lowest BCUT2D eigenvalue weighted by atomic mass is 9.93. The average molecular weight is 347 g/mol. The summed E-state index contributed by atoms with van der Waals surface area (Å²) in [6, 6.07) is 4.12. The summed E-state index contributed by atoms with van der Waals surface area (Å²) in [5.74, 6) is -2.52. The van der Waals surface area contributed by atoms with Crippen LogP contribution in [0.3, 0.4) is 0 Å². The van der Waals surface area contributed by atoms with Gasteiger partial charge in [0.25, 0.3) is 11.5 Å². The molecule has 1 aliphatic carbocycles. The maximum atomic E-state index is 12.3. The van der Waals surface area contributed by atoms with Crippen molar-refractivity contribution >= 4 is 23.7 Å². The van der Waals surface area contributed by atoms with E-state index >= 15 is 0 Å². The lowest BCUT2D eigenvalue weighted by Gasteiger charge is -2.38. The minimum atomic E-state index is -1.18. The van der Waals surface area contributed by atoms with Gasteiger partial charge >= 0.3 is 11.9 Å².